The first-order valence-electron chi connectivity index (χ1n) is 10.6. The Morgan fingerprint density at radius 1 is 1.07 bits per heavy atom. The highest BCUT2D eigenvalue weighted by Gasteiger charge is 2.34. The van der Waals surface area contributed by atoms with E-state index >= 15 is 0 Å². The van der Waals surface area contributed by atoms with E-state index in [-0.39, 0.29) is 29.0 Å². The van der Waals surface area contributed by atoms with E-state index < -0.39 is 0 Å². The van der Waals surface area contributed by atoms with Crippen molar-refractivity contribution in [2.75, 3.05) is 26.4 Å². The minimum absolute atomic E-state index is 0.0383. The van der Waals surface area contributed by atoms with Crippen molar-refractivity contribution in [3.63, 3.8) is 0 Å². The van der Waals surface area contributed by atoms with Gasteiger partial charge in [0, 0.05) is 11.3 Å². The second-order valence-electron chi connectivity index (χ2n) is 8.70. The summed E-state index contributed by atoms with van der Waals surface area (Å²) < 4.78 is 31.6. The summed E-state index contributed by atoms with van der Waals surface area (Å²) in [6, 6.07) is 13.5. The minimum Gasteiger partial charge on any atom is -0.490 e. The van der Waals surface area contributed by atoms with Crippen LogP contribution in [0.1, 0.15) is 39.7 Å². The highest BCUT2D eigenvalue weighted by Crippen LogP contribution is 2.29. The van der Waals surface area contributed by atoms with Crippen LogP contribution in [0.15, 0.2) is 42.5 Å². The van der Waals surface area contributed by atoms with Crippen LogP contribution in [0, 0.1) is 17.2 Å². The van der Waals surface area contributed by atoms with Crippen molar-refractivity contribution in [2.45, 2.75) is 46.6 Å². The number of aryl methyl sites for hydroxylation is 1. The third-order valence-electron chi connectivity index (χ3n) is 5.66. The Hall–Kier alpha value is -1.91. The molecule has 0 aromatic heterocycles. The van der Waals surface area contributed by atoms with Crippen molar-refractivity contribution in [1.29, 1.82) is 0 Å². The van der Waals surface area contributed by atoms with E-state index in [9.17, 15) is 4.39 Å². The lowest BCUT2D eigenvalue weighted by atomic mass is 9.90. The highest BCUT2D eigenvalue weighted by molar-refractivity contribution is 5.64. The van der Waals surface area contributed by atoms with E-state index in [1.807, 2.05) is 13.0 Å². The minimum atomic E-state index is -0.333. The topological polar surface area (TPSA) is 27.7 Å². The lowest BCUT2D eigenvalue weighted by molar-refractivity contribution is -0.152. The van der Waals surface area contributed by atoms with E-state index in [0.717, 1.165) is 37.2 Å². The summed E-state index contributed by atoms with van der Waals surface area (Å²) in [5.74, 6) is 0.111. The van der Waals surface area contributed by atoms with Gasteiger partial charge < -0.3 is 14.2 Å². The molecule has 1 aliphatic rings. The van der Waals surface area contributed by atoms with Gasteiger partial charge in [-0.25, -0.2) is 4.39 Å². The number of hydrogen-bond acceptors (Lipinski definition) is 3. The summed E-state index contributed by atoms with van der Waals surface area (Å²) in [7, 11) is 0. The molecule has 0 bridgehead atoms. The van der Waals surface area contributed by atoms with Crippen molar-refractivity contribution in [3.8, 4) is 16.9 Å². The molecular weight excluding hydrogens is 367 g/mol. The van der Waals surface area contributed by atoms with Crippen LogP contribution in [-0.4, -0.2) is 32.5 Å². The zero-order valence-corrected chi connectivity index (χ0v) is 18.0. The van der Waals surface area contributed by atoms with Gasteiger partial charge in [-0.1, -0.05) is 57.5 Å². The Balaban J connectivity index is 1.53. The molecule has 2 atom stereocenters. The second-order valence-corrected chi connectivity index (χ2v) is 8.70. The van der Waals surface area contributed by atoms with Crippen LogP contribution in [0.4, 0.5) is 4.39 Å². The Bertz CT molecular complexity index is 783. The van der Waals surface area contributed by atoms with E-state index in [0.29, 0.717) is 13.2 Å². The molecule has 3 nitrogen and oxygen atoms in total. The van der Waals surface area contributed by atoms with Crippen molar-refractivity contribution in [3.05, 3.63) is 53.8 Å². The van der Waals surface area contributed by atoms with Crippen LogP contribution in [0.3, 0.4) is 0 Å². The fourth-order valence-corrected chi connectivity index (χ4v) is 3.34. The van der Waals surface area contributed by atoms with Crippen LogP contribution in [-0.2, 0) is 15.9 Å². The average molecular weight is 401 g/mol. The average Bonchev–Trinajstić information content (AvgIpc) is 2.70. The van der Waals surface area contributed by atoms with Gasteiger partial charge in [-0.3, -0.25) is 0 Å². The van der Waals surface area contributed by atoms with Crippen molar-refractivity contribution < 1.29 is 18.6 Å². The molecule has 0 unspecified atom stereocenters. The van der Waals surface area contributed by atoms with Gasteiger partial charge in [-0.05, 0) is 42.2 Å². The first kappa shape index (κ1) is 21.8. The Labute approximate surface area is 174 Å². The molecule has 0 spiro atoms. The van der Waals surface area contributed by atoms with E-state index in [1.54, 1.807) is 12.1 Å². The van der Waals surface area contributed by atoms with Crippen LogP contribution in [0.5, 0.6) is 5.75 Å². The summed E-state index contributed by atoms with van der Waals surface area (Å²) in [6.45, 7) is 11.0. The summed E-state index contributed by atoms with van der Waals surface area (Å²) in [4.78, 5) is 0. The lowest BCUT2D eigenvalue weighted by Crippen LogP contribution is -2.44. The van der Waals surface area contributed by atoms with Crippen molar-refractivity contribution in [1.82, 2.24) is 0 Å². The molecule has 1 heterocycles. The van der Waals surface area contributed by atoms with Crippen LogP contribution in [0.25, 0.3) is 11.1 Å². The maximum absolute atomic E-state index is 14.6. The van der Waals surface area contributed by atoms with Gasteiger partial charge in [0.1, 0.15) is 0 Å². The molecule has 0 radical (unpaired) electrons. The normalized spacial score (nSPS) is 17.4. The number of halogens is 1. The molecule has 2 aromatic rings. The summed E-state index contributed by atoms with van der Waals surface area (Å²) >= 11 is 0. The van der Waals surface area contributed by atoms with Gasteiger partial charge in [0.05, 0.1) is 32.5 Å². The number of benzene rings is 2. The molecule has 0 N–H and O–H groups in total. The van der Waals surface area contributed by atoms with E-state index in [4.69, 9.17) is 14.2 Å². The van der Waals surface area contributed by atoms with Gasteiger partial charge in [0.25, 0.3) is 0 Å². The van der Waals surface area contributed by atoms with Gasteiger partial charge in [-0.2, -0.15) is 0 Å². The second kappa shape index (κ2) is 9.73. The van der Waals surface area contributed by atoms with Gasteiger partial charge in [-0.15, -0.1) is 0 Å². The summed E-state index contributed by atoms with van der Waals surface area (Å²) in [5.41, 5.74) is 3.31. The van der Waals surface area contributed by atoms with Crippen LogP contribution < -0.4 is 4.74 Å². The third kappa shape index (κ3) is 5.80. The molecule has 0 saturated carbocycles. The largest absolute Gasteiger partial charge is 0.490 e. The van der Waals surface area contributed by atoms with E-state index in [1.165, 1.54) is 5.56 Å². The first-order valence-corrected chi connectivity index (χ1v) is 10.6. The molecule has 4 heteroatoms. The van der Waals surface area contributed by atoms with E-state index in [2.05, 4.69) is 45.0 Å². The van der Waals surface area contributed by atoms with Gasteiger partial charge >= 0.3 is 0 Å². The number of rotatable bonds is 10. The molecule has 2 aromatic carbocycles. The Morgan fingerprint density at radius 3 is 2.34 bits per heavy atom. The molecule has 0 amide bonds. The SMILES string of the molecule is CCCc1ccc(-c2ccc(OC[C@H](C)[C@H](C)OCC3(C)COC3)c(F)c2)cc1. The quantitative estimate of drug-likeness (QED) is 0.497. The maximum Gasteiger partial charge on any atom is 0.165 e. The fourth-order valence-electron chi connectivity index (χ4n) is 3.34. The van der Waals surface area contributed by atoms with Crippen molar-refractivity contribution in [2.24, 2.45) is 11.3 Å². The summed E-state index contributed by atoms with van der Waals surface area (Å²) in [5, 5.41) is 0. The predicted octanol–water partition coefficient (Wildman–Crippen LogP) is 5.90. The maximum atomic E-state index is 14.6. The molecule has 1 fully saturated rings. The number of hydrogen-bond donors (Lipinski definition) is 0. The molecule has 1 aliphatic heterocycles. The standard InChI is InChI=1S/C25H33FO3/c1-5-6-20-7-9-21(10-8-20)22-11-12-24(23(26)13-22)28-14-18(2)19(3)29-17-25(4)15-27-16-25/h7-13,18-19H,5-6,14-17H2,1-4H3/t18-,19-/m0/s1. The molecule has 3 rings (SSSR count). The van der Waals surface area contributed by atoms with Gasteiger partial charge in [0.2, 0.25) is 0 Å². The number of ether oxygens (including phenoxy) is 3. The highest BCUT2D eigenvalue weighted by atomic mass is 19.1. The predicted molar refractivity (Wildman–Crippen MR) is 115 cm³/mol. The molecule has 29 heavy (non-hydrogen) atoms. The van der Waals surface area contributed by atoms with Crippen LogP contribution in [0.2, 0.25) is 0 Å². The molecule has 0 aliphatic carbocycles. The van der Waals surface area contributed by atoms with Crippen LogP contribution >= 0.6 is 0 Å². The zero-order chi connectivity index (χ0) is 20.9. The monoisotopic (exact) mass is 400 g/mol. The smallest absolute Gasteiger partial charge is 0.165 e. The van der Waals surface area contributed by atoms with Gasteiger partial charge in [0.15, 0.2) is 11.6 Å². The van der Waals surface area contributed by atoms with Crippen molar-refractivity contribution >= 4 is 0 Å². The Kier molecular flexibility index (Phi) is 7.31. The first-order chi connectivity index (χ1) is 13.9. The Morgan fingerprint density at radius 2 is 1.76 bits per heavy atom. The fraction of sp³-hybridized carbons (Fsp3) is 0.520. The third-order valence-corrected chi connectivity index (χ3v) is 5.66. The summed E-state index contributed by atoms with van der Waals surface area (Å²) in [6.07, 6.45) is 2.22. The molecule has 158 valence electrons. The zero-order valence-electron chi connectivity index (χ0n) is 18.0. The molecular formula is C25H33FO3. The molecule has 1 saturated heterocycles. The lowest BCUT2D eigenvalue weighted by Gasteiger charge is -2.38.